The normalized spacial score (nSPS) is 17.7. The number of benzene rings is 1. The van der Waals surface area contributed by atoms with E-state index < -0.39 is 0 Å². The molecule has 1 atom stereocenters. The molecule has 3 N–H and O–H groups in total. The van der Waals surface area contributed by atoms with Gasteiger partial charge in [0.1, 0.15) is 0 Å². The van der Waals surface area contributed by atoms with Gasteiger partial charge in [-0.15, -0.1) is 12.4 Å². The summed E-state index contributed by atoms with van der Waals surface area (Å²) in [5, 5.41) is 13.3. The lowest BCUT2D eigenvalue weighted by Gasteiger charge is -2.30. The summed E-state index contributed by atoms with van der Waals surface area (Å²) in [5.74, 6) is 1.11. The molecule has 0 aliphatic carbocycles. The van der Waals surface area contributed by atoms with E-state index in [-0.39, 0.29) is 30.0 Å². The number of amides is 2. The van der Waals surface area contributed by atoms with Crippen molar-refractivity contribution in [2.24, 2.45) is 0 Å². The molecule has 1 aromatic carbocycles. The van der Waals surface area contributed by atoms with E-state index in [2.05, 4.69) is 38.0 Å². The van der Waals surface area contributed by atoms with Crippen LogP contribution in [-0.4, -0.2) is 53.3 Å². The van der Waals surface area contributed by atoms with Crippen molar-refractivity contribution < 1.29 is 9.32 Å². The second-order valence-corrected chi connectivity index (χ2v) is 8.02. The molecule has 2 heterocycles. The molecule has 0 radical (unpaired) electrons. The zero-order valence-electron chi connectivity index (χ0n) is 17.0. The summed E-state index contributed by atoms with van der Waals surface area (Å²) in [6.07, 6.45) is 0. The van der Waals surface area contributed by atoms with Gasteiger partial charge in [-0.2, -0.15) is 4.98 Å². The second kappa shape index (κ2) is 8.89. The fourth-order valence-corrected chi connectivity index (χ4v) is 2.97. The largest absolute Gasteiger partial charge is 0.334 e. The van der Waals surface area contributed by atoms with Crippen molar-refractivity contribution in [2.75, 3.05) is 32.0 Å². The molecule has 0 bridgehead atoms. The molecule has 0 saturated carbocycles. The highest BCUT2D eigenvalue weighted by Gasteiger charge is 2.25. The van der Waals surface area contributed by atoms with Gasteiger partial charge in [-0.05, 0) is 52.4 Å². The number of piperazine rings is 1. The first-order chi connectivity index (χ1) is 12.7. The zero-order chi connectivity index (χ0) is 19.6. The Bertz CT molecular complexity index is 817. The number of aryl methyl sites for hydroxylation is 1. The zero-order valence-corrected chi connectivity index (χ0v) is 17.8. The molecule has 3 rings (SSSR count). The molecule has 1 aliphatic rings. The predicted octanol–water partition coefficient (Wildman–Crippen LogP) is 2.96. The van der Waals surface area contributed by atoms with Crippen molar-refractivity contribution in [2.45, 2.75) is 39.3 Å². The first kappa shape index (κ1) is 22.1. The number of nitrogens with one attached hydrogen (secondary N) is 3. The molecule has 1 fully saturated rings. The van der Waals surface area contributed by atoms with Crippen LogP contribution in [0.3, 0.4) is 0 Å². The van der Waals surface area contributed by atoms with E-state index in [4.69, 9.17) is 4.52 Å². The van der Waals surface area contributed by atoms with Gasteiger partial charge in [-0.1, -0.05) is 11.2 Å². The minimum atomic E-state index is -0.308. The molecular formula is C19H29ClN6O2. The van der Waals surface area contributed by atoms with Crippen LogP contribution in [0.4, 0.5) is 10.5 Å². The average Bonchev–Trinajstić information content (AvgIpc) is 3.05. The van der Waals surface area contributed by atoms with Crippen LogP contribution < -0.4 is 16.0 Å². The highest BCUT2D eigenvalue weighted by molar-refractivity contribution is 5.91. The third-order valence-corrected chi connectivity index (χ3v) is 4.47. The van der Waals surface area contributed by atoms with Gasteiger partial charge >= 0.3 is 6.03 Å². The number of aromatic nitrogens is 2. The number of carbonyl (C=O) groups excluding carboxylic acids is 1. The molecule has 1 unspecified atom stereocenters. The van der Waals surface area contributed by atoms with Crippen LogP contribution in [0.15, 0.2) is 22.7 Å². The summed E-state index contributed by atoms with van der Waals surface area (Å²) in [6.45, 7) is 10.5. The number of halogens is 1. The number of rotatable bonds is 3. The highest BCUT2D eigenvalue weighted by atomic mass is 35.5. The maximum Gasteiger partial charge on any atom is 0.319 e. The van der Waals surface area contributed by atoms with Crippen molar-refractivity contribution in [3.8, 4) is 11.5 Å². The topological polar surface area (TPSA) is 95.3 Å². The Kier molecular flexibility index (Phi) is 7.03. The Balaban J connectivity index is 0.00000280. The van der Waals surface area contributed by atoms with Crippen LogP contribution in [0, 0.1) is 6.92 Å². The average molecular weight is 409 g/mol. The summed E-state index contributed by atoms with van der Waals surface area (Å²) in [4.78, 5) is 19.0. The van der Waals surface area contributed by atoms with Crippen LogP contribution >= 0.6 is 12.4 Å². The smallest absolute Gasteiger partial charge is 0.319 e. The SMILES string of the molecule is Cc1ccc(-c2nc(C3CNCCN3C)no2)cc1NC(=O)NC(C)(C)C.Cl. The summed E-state index contributed by atoms with van der Waals surface area (Å²) in [5.41, 5.74) is 2.14. The quantitative estimate of drug-likeness (QED) is 0.722. The molecule has 28 heavy (non-hydrogen) atoms. The lowest BCUT2D eigenvalue weighted by atomic mass is 10.1. The van der Waals surface area contributed by atoms with E-state index in [1.165, 1.54) is 0 Å². The van der Waals surface area contributed by atoms with Gasteiger partial charge in [0.15, 0.2) is 5.82 Å². The summed E-state index contributed by atoms with van der Waals surface area (Å²) in [6, 6.07) is 5.56. The monoisotopic (exact) mass is 408 g/mol. The molecule has 2 amide bonds. The molecular weight excluding hydrogens is 380 g/mol. The number of nitrogens with zero attached hydrogens (tertiary/aromatic N) is 3. The van der Waals surface area contributed by atoms with Crippen LogP contribution in [0.5, 0.6) is 0 Å². The van der Waals surface area contributed by atoms with Crippen LogP contribution in [0.2, 0.25) is 0 Å². The van der Waals surface area contributed by atoms with E-state index in [0.29, 0.717) is 17.4 Å². The molecule has 0 spiro atoms. The van der Waals surface area contributed by atoms with Crippen molar-refractivity contribution in [3.05, 3.63) is 29.6 Å². The molecule has 1 aliphatic heterocycles. The Morgan fingerprint density at radius 1 is 1.36 bits per heavy atom. The van der Waals surface area contributed by atoms with Crippen LogP contribution in [-0.2, 0) is 0 Å². The van der Waals surface area contributed by atoms with E-state index in [1.807, 2.05) is 45.9 Å². The minimum Gasteiger partial charge on any atom is -0.334 e. The maximum atomic E-state index is 12.2. The van der Waals surface area contributed by atoms with Crippen molar-refractivity contribution in [1.29, 1.82) is 0 Å². The number of likely N-dealkylation sites (N-methyl/N-ethyl adjacent to an activating group) is 1. The Morgan fingerprint density at radius 2 is 2.11 bits per heavy atom. The Labute approximate surface area is 171 Å². The van der Waals surface area contributed by atoms with Crippen LogP contribution in [0.25, 0.3) is 11.5 Å². The summed E-state index contributed by atoms with van der Waals surface area (Å²) in [7, 11) is 2.06. The van der Waals surface area contributed by atoms with Gasteiger partial charge in [0, 0.05) is 36.4 Å². The van der Waals surface area contributed by atoms with Gasteiger partial charge in [-0.25, -0.2) is 4.79 Å². The van der Waals surface area contributed by atoms with E-state index in [1.54, 1.807) is 0 Å². The fourth-order valence-electron chi connectivity index (χ4n) is 2.97. The number of urea groups is 1. The maximum absolute atomic E-state index is 12.2. The number of anilines is 1. The number of carbonyl (C=O) groups is 1. The summed E-state index contributed by atoms with van der Waals surface area (Å²) >= 11 is 0. The lowest BCUT2D eigenvalue weighted by molar-refractivity contribution is 0.190. The fraction of sp³-hybridized carbons (Fsp3) is 0.526. The predicted molar refractivity (Wildman–Crippen MR) is 112 cm³/mol. The Hall–Kier alpha value is -2.16. The molecule has 9 heteroatoms. The van der Waals surface area contributed by atoms with Crippen molar-refractivity contribution >= 4 is 24.1 Å². The lowest BCUT2D eigenvalue weighted by Crippen LogP contribution is -2.44. The molecule has 2 aromatic rings. The van der Waals surface area contributed by atoms with Gasteiger partial charge in [0.25, 0.3) is 5.89 Å². The second-order valence-electron chi connectivity index (χ2n) is 8.02. The van der Waals surface area contributed by atoms with Gasteiger partial charge < -0.3 is 20.5 Å². The standard InChI is InChI=1S/C19H28N6O2.ClH/c1-12-6-7-13(10-14(12)21-18(26)23-19(2,3)4)17-22-16(24-27-17)15-11-20-8-9-25(15)5;/h6-7,10,15,20H,8-9,11H2,1-5H3,(H2,21,23,26);1H. The van der Waals surface area contributed by atoms with E-state index in [9.17, 15) is 4.79 Å². The van der Waals surface area contributed by atoms with Crippen molar-refractivity contribution in [1.82, 2.24) is 25.7 Å². The van der Waals surface area contributed by atoms with Gasteiger partial charge in [0.2, 0.25) is 0 Å². The van der Waals surface area contributed by atoms with Gasteiger partial charge in [-0.3, -0.25) is 4.90 Å². The number of hydrogen-bond donors (Lipinski definition) is 3. The molecule has 1 aromatic heterocycles. The van der Waals surface area contributed by atoms with E-state index in [0.717, 1.165) is 30.8 Å². The summed E-state index contributed by atoms with van der Waals surface area (Å²) < 4.78 is 5.49. The third kappa shape index (κ3) is 5.43. The molecule has 1 saturated heterocycles. The number of hydrogen-bond acceptors (Lipinski definition) is 6. The first-order valence-corrected chi connectivity index (χ1v) is 9.18. The van der Waals surface area contributed by atoms with E-state index >= 15 is 0 Å². The van der Waals surface area contributed by atoms with Crippen molar-refractivity contribution in [3.63, 3.8) is 0 Å². The van der Waals surface area contributed by atoms with Gasteiger partial charge in [0.05, 0.1) is 6.04 Å². The molecule has 8 nitrogen and oxygen atoms in total. The molecule has 154 valence electrons. The Morgan fingerprint density at radius 3 is 2.79 bits per heavy atom. The first-order valence-electron chi connectivity index (χ1n) is 9.18. The minimum absolute atomic E-state index is 0. The van der Waals surface area contributed by atoms with Crippen LogP contribution in [0.1, 0.15) is 38.2 Å². The third-order valence-electron chi connectivity index (χ3n) is 4.47. The highest BCUT2D eigenvalue weighted by Crippen LogP contribution is 2.26.